The molecule has 0 spiro atoms. The summed E-state index contributed by atoms with van der Waals surface area (Å²) in [5.41, 5.74) is 7.52. The van der Waals surface area contributed by atoms with Gasteiger partial charge in [-0.2, -0.15) is 5.10 Å². The van der Waals surface area contributed by atoms with Crippen molar-refractivity contribution in [1.82, 2.24) is 9.78 Å². The third-order valence-corrected chi connectivity index (χ3v) is 3.06. The van der Waals surface area contributed by atoms with Crippen LogP contribution in [0.4, 0.5) is 0 Å². The summed E-state index contributed by atoms with van der Waals surface area (Å²) in [6, 6.07) is 5.84. The van der Waals surface area contributed by atoms with Gasteiger partial charge in [0, 0.05) is 23.9 Å². The average Bonchev–Trinajstić information content (AvgIpc) is 2.93. The fourth-order valence-electron chi connectivity index (χ4n) is 2.02. The van der Waals surface area contributed by atoms with Gasteiger partial charge in [0.2, 0.25) is 0 Å². The molecule has 1 aromatic heterocycles. The largest absolute Gasteiger partial charge is 0.496 e. The first kappa shape index (κ1) is 18.3. The molecule has 2 N–H and O–H groups in total. The molecule has 0 bridgehead atoms. The monoisotopic (exact) mass is 325 g/mol. The molecule has 122 valence electrons. The molecule has 6 heteroatoms. The number of benzene rings is 1. The Bertz CT molecular complexity index is 585. The van der Waals surface area contributed by atoms with Crippen LogP contribution in [0, 0.1) is 5.92 Å². The van der Waals surface area contributed by atoms with Crippen LogP contribution >= 0.6 is 12.4 Å². The highest BCUT2D eigenvalue weighted by molar-refractivity contribution is 5.85. The summed E-state index contributed by atoms with van der Waals surface area (Å²) < 4.78 is 13.0. The van der Waals surface area contributed by atoms with E-state index in [4.69, 9.17) is 15.2 Å². The van der Waals surface area contributed by atoms with Crippen molar-refractivity contribution < 1.29 is 9.47 Å². The summed E-state index contributed by atoms with van der Waals surface area (Å²) >= 11 is 0. The van der Waals surface area contributed by atoms with Gasteiger partial charge in [0.05, 0.1) is 26.5 Å². The first-order valence-corrected chi connectivity index (χ1v) is 7.17. The van der Waals surface area contributed by atoms with Crippen molar-refractivity contribution in [1.29, 1.82) is 0 Å². The number of hydrogen-bond donors (Lipinski definition) is 1. The number of methoxy groups -OCH3 is 1. The lowest BCUT2D eigenvalue weighted by atomic mass is 10.1. The van der Waals surface area contributed by atoms with Gasteiger partial charge in [-0.05, 0) is 24.1 Å². The van der Waals surface area contributed by atoms with Gasteiger partial charge in [0.15, 0.2) is 0 Å². The van der Waals surface area contributed by atoms with Crippen LogP contribution in [0.1, 0.15) is 13.8 Å². The maximum atomic E-state index is 5.78. The lowest BCUT2D eigenvalue weighted by Crippen LogP contribution is -2.09. The van der Waals surface area contributed by atoms with Crippen LogP contribution in [-0.4, -0.2) is 30.0 Å². The Hall–Kier alpha value is -1.72. The Morgan fingerprint density at radius 3 is 2.73 bits per heavy atom. The number of nitrogens with two attached hydrogens (primary N) is 1. The summed E-state index contributed by atoms with van der Waals surface area (Å²) in [7, 11) is 1.66. The van der Waals surface area contributed by atoms with Crippen LogP contribution in [-0.2, 0) is 6.54 Å². The second kappa shape index (κ2) is 8.66. The van der Waals surface area contributed by atoms with Crippen LogP contribution in [0.25, 0.3) is 11.1 Å². The zero-order valence-electron chi connectivity index (χ0n) is 13.3. The number of nitrogens with zero attached hydrogens (tertiary/aromatic N) is 2. The van der Waals surface area contributed by atoms with Crippen molar-refractivity contribution in [2.75, 3.05) is 20.3 Å². The van der Waals surface area contributed by atoms with E-state index in [1.807, 2.05) is 35.3 Å². The first-order chi connectivity index (χ1) is 10.1. The summed E-state index contributed by atoms with van der Waals surface area (Å²) in [6.45, 7) is 6.21. The average molecular weight is 326 g/mol. The van der Waals surface area contributed by atoms with E-state index in [0.717, 1.165) is 22.6 Å². The third-order valence-electron chi connectivity index (χ3n) is 3.06. The van der Waals surface area contributed by atoms with E-state index < -0.39 is 0 Å². The Morgan fingerprint density at radius 1 is 1.32 bits per heavy atom. The molecule has 0 unspecified atom stereocenters. The number of rotatable bonds is 7. The Balaban J connectivity index is 0.00000242. The van der Waals surface area contributed by atoms with E-state index in [9.17, 15) is 0 Å². The summed E-state index contributed by atoms with van der Waals surface area (Å²) in [4.78, 5) is 0. The molecular weight excluding hydrogens is 302 g/mol. The van der Waals surface area contributed by atoms with Gasteiger partial charge in [-0.15, -0.1) is 12.4 Å². The van der Waals surface area contributed by atoms with Gasteiger partial charge in [-0.1, -0.05) is 13.8 Å². The van der Waals surface area contributed by atoms with Crippen molar-refractivity contribution in [2.24, 2.45) is 11.7 Å². The topological polar surface area (TPSA) is 62.3 Å². The van der Waals surface area contributed by atoms with Gasteiger partial charge >= 0.3 is 0 Å². The number of aromatic nitrogens is 2. The normalized spacial score (nSPS) is 10.4. The minimum Gasteiger partial charge on any atom is -0.496 e. The lowest BCUT2D eigenvalue weighted by molar-refractivity contribution is 0.271. The first-order valence-electron chi connectivity index (χ1n) is 7.17. The fraction of sp³-hybridized carbons (Fsp3) is 0.438. The molecule has 0 aliphatic rings. The van der Waals surface area contributed by atoms with Crippen LogP contribution in [0.3, 0.4) is 0 Å². The van der Waals surface area contributed by atoms with Gasteiger partial charge in [0.1, 0.15) is 11.5 Å². The zero-order chi connectivity index (χ0) is 15.2. The predicted molar refractivity (Wildman–Crippen MR) is 90.9 cm³/mol. The molecule has 0 fully saturated rings. The molecule has 0 amide bonds. The molecule has 22 heavy (non-hydrogen) atoms. The van der Waals surface area contributed by atoms with Gasteiger partial charge in [0.25, 0.3) is 0 Å². The van der Waals surface area contributed by atoms with Gasteiger partial charge in [-0.3, -0.25) is 4.68 Å². The van der Waals surface area contributed by atoms with E-state index in [2.05, 4.69) is 18.9 Å². The maximum absolute atomic E-state index is 5.78. The molecule has 2 aromatic rings. The minimum atomic E-state index is 0. The van der Waals surface area contributed by atoms with Crippen LogP contribution in [0.2, 0.25) is 0 Å². The van der Waals surface area contributed by atoms with Gasteiger partial charge in [-0.25, -0.2) is 0 Å². The summed E-state index contributed by atoms with van der Waals surface area (Å²) in [6.07, 6.45) is 3.79. The summed E-state index contributed by atoms with van der Waals surface area (Å²) in [5, 5.41) is 4.30. The van der Waals surface area contributed by atoms with E-state index >= 15 is 0 Å². The standard InChI is InChI=1S/C16H23N3O2.ClH/c1-12(2)11-21-14-4-5-16(20-3)15(8-14)13-9-18-19(10-13)7-6-17;/h4-5,8-10,12H,6-7,11,17H2,1-3H3;1H. The number of ether oxygens (including phenoxy) is 2. The molecule has 0 saturated heterocycles. The fourth-order valence-corrected chi connectivity index (χ4v) is 2.02. The van der Waals surface area contributed by atoms with Gasteiger partial charge < -0.3 is 15.2 Å². The minimum absolute atomic E-state index is 0. The van der Waals surface area contributed by atoms with Crippen LogP contribution in [0.5, 0.6) is 11.5 Å². The van der Waals surface area contributed by atoms with E-state index in [1.54, 1.807) is 7.11 Å². The van der Waals surface area contributed by atoms with Crippen molar-refractivity contribution in [2.45, 2.75) is 20.4 Å². The molecule has 0 atom stereocenters. The lowest BCUT2D eigenvalue weighted by Gasteiger charge is -2.12. The van der Waals surface area contributed by atoms with Crippen molar-refractivity contribution in [3.05, 3.63) is 30.6 Å². The number of hydrogen-bond acceptors (Lipinski definition) is 4. The SMILES string of the molecule is COc1ccc(OCC(C)C)cc1-c1cnn(CCN)c1.Cl. The van der Waals surface area contributed by atoms with Crippen LogP contribution < -0.4 is 15.2 Å². The van der Waals surface area contributed by atoms with Crippen molar-refractivity contribution >= 4 is 12.4 Å². The molecule has 2 rings (SSSR count). The highest BCUT2D eigenvalue weighted by atomic mass is 35.5. The Morgan fingerprint density at radius 2 is 2.09 bits per heavy atom. The Kier molecular flexibility index (Phi) is 7.21. The van der Waals surface area contributed by atoms with Crippen molar-refractivity contribution in [3.8, 4) is 22.6 Å². The van der Waals surface area contributed by atoms with E-state index in [0.29, 0.717) is 25.6 Å². The second-order valence-corrected chi connectivity index (χ2v) is 5.35. The predicted octanol–water partition coefficient (Wildman–Crippen LogP) is 2.97. The molecule has 1 heterocycles. The molecule has 0 radical (unpaired) electrons. The summed E-state index contributed by atoms with van der Waals surface area (Å²) in [5.74, 6) is 2.13. The molecular formula is C16H24ClN3O2. The van der Waals surface area contributed by atoms with Crippen LogP contribution in [0.15, 0.2) is 30.6 Å². The smallest absolute Gasteiger partial charge is 0.127 e. The number of halogens is 1. The quantitative estimate of drug-likeness (QED) is 0.850. The van der Waals surface area contributed by atoms with E-state index in [1.165, 1.54) is 0 Å². The molecule has 5 nitrogen and oxygen atoms in total. The molecule has 1 aromatic carbocycles. The van der Waals surface area contributed by atoms with Crippen molar-refractivity contribution in [3.63, 3.8) is 0 Å². The van der Waals surface area contributed by atoms with E-state index in [-0.39, 0.29) is 12.4 Å². The third kappa shape index (κ3) is 4.64. The Labute approximate surface area is 137 Å². The highest BCUT2D eigenvalue weighted by Gasteiger charge is 2.10. The second-order valence-electron chi connectivity index (χ2n) is 5.35. The molecule has 0 aliphatic carbocycles. The highest BCUT2D eigenvalue weighted by Crippen LogP contribution is 2.33. The zero-order valence-corrected chi connectivity index (χ0v) is 14.1. The maximum Gasteiger partial charge on any atom is 0.127 e. The molecule has 0 saturated carbocycles. The molecule has 0 aliphatic heterocycles.